The Kier molecular flexibility index (Phi) is 5.48. The Morgan fingerprint density at radius 1 is 1.17 bits per heavy atom. The summed E-state index contributed by atoms with van der Waals surface area (Å²) >= 11 is 3.16. The van der Waals surface area contributed by atoms with E-state index in [0.717, 1.165) is 42.3 Å². The van der Waals surface area contributed by atoms with Crippen LogP contribution in [0.15, 0.2) is 24.0 Å². The van der Waals surface area contributed by atoms with Crippen LogP contribution in [0.5, 0.6) is 0 Å². The van der Waals surface area contributed by atoms with Gasteiger partial charge in [0.15, 0.2) is 0 Å². The highest BCUT2D eigenvalue weighted by Gasteiger charge is 2.29. The van der Waals surface area contributed by atoms with Gasteiger partial charge in [-0.3, -0.25) is 14.8 Å². The Bertz CT molecular complexity index is 998. The number of nitrogens with zero attached hydrogens (tertiary/aromatic N) is 5. The van der Waals surface area contributed by atoms with Crippen molar-refractivity contribution in [2.24, 2.45) is 0 Å². The lowest BCUT2D eigenvalue weighted by atomic mass is 9.93. The van der Waals surface area contributed by atoms with Gasteiger partial charge in [-0.25, -0.2) is 9.97 Å². The van der Waals surface area contributed by atoms with Gasteiger partial charge in [-0.1, -0.05) is 20.8 Å². The number of rotatable bonds is 3. The van der Waals surface area contributed by atoms with Crippen LogP contribution in [0.2, 0.25) is 0 Å². The molecule has 0 aromatic carbocycles. The van der Waals surface area contributed by atoms with Crippen molar-refractivity contribution in [3.8, 4) is 10.7 Å². The van der Waals surface area contributed by atoms with Gasteiger partial charge >= 0.3 is 0 Å². The lowest BCUT2D eigenvalue weighted by molar-refractivity contribution is 0.0717. The summed E-state index contributed by atoms with van der Waals surface area (Å²) in [4.78, 5) is 33.6. The SMILES string of the molecule is Cc1nc(-c2cnccn2)sc1C(=O)N1CCC(c2nc(C(C)(C)C)cs2)CC1. The monoisotopic (exact) mass is 427 g/mol. The summed E-state index contributed by atoms with van der Waals surface area (Å²) in [6.45, 7) is 9.98. The molecule has 1 fully saturated rings. The van der Waals surface area contributed by atoms with Gasteiger partial charge in [-0.05, 0) is 19.8 Å². The molecule has 0 atom stereocenters. The minimum Gasteiger partial charge on any atom is -0.338 e. The summed E-state index contributed by atoms with van der Waals surface area (Å²) in [6, 6.07) is 0. The van der Waals surface area contributed by atoms with E-state index in [0.29, 0.717) is 16.5 Å². The van der Waals surface area contributed by atoms with Crippen molar-refractivity contribution < 1.29 is 4.79 Å². The lowest BCUT2D eigenvalue weighted by Crippen LogP contribution is -2.37. The van der Waals surface area contributed by atoms with E-state index in [1.54, 1.807) is 29.9 Å². The van der Waals surface area contributed by atoms with E-state index in [2.05, 4.69) is 41.1 Å². The van der Waals surface area contributed by atoms with Crippen molar-refractivity contribution in [1.82, 2.24) is 24.8 Å². The zero-order valence-corrected chi connectivity index (χ0v) is 18.8. The van der Waals surface area contributed by atoms with E-state index in [1.807, 2.05) is 11.8 Å². The van der Waals surface area contributed by atoms with E-state index in [9.17, 15) is 4.79 Å². The third-order valence-electron chi connectivity index (χ3n) is 5.19. The quantitative estimate of drug-likeness (QED) is 0.607. The topological polar surface area (TPSA) is 71.9 Å². The van der Waals surface area contributed by atoms with E-state index in [4.69, 9.17) is 4.98 Å². The standard InChI is InChI=1S/C21H25N5OS2/c1-13-17(29-19(24-13)15-11-22-7-8-23-15)20(27)26-9-5-14(6-10-26)18-25-16(12-28-18)21(2,3)4/h7-8,11-12,14H,5-6,9-10H2,1-4H3. The van der Waals surface area contributed by atoms with Gasteiger partial charge in [0.2, 0.25) is 0 Å². The first-order chi connectivity index (χ1) is 13.8. The second kappa shape index (κ2) is 7.91. The normalized spacial score (nSPS) is 15.7. The molecule has 1 amide bonds. The number of aryl methyl sites for hydroxylation is 1. The minimum atomic E-state index is 0.0723. The number of hydrogen-bond donors (Lipinski definition) is 0. The maximum atomic E-state index is 13.1. The van der Waals surface area contributed by atoms with Gasteiger partial charge < -0.3 is 4.90 Å². The number of carbonyl (C=O) groups is 1. The molecule has 0 bridgehead atoms. The highest BCUT2D eigenvalue weighted by Crippen LogP contribution is 2.34. The van der Waals surface area contributed by atoms with Gasteiger partial charge in [0, 0.05) is 42.2 Å². The van der Waals surface area contributed by atoms with Crippen molar-refractivity contribution in [1.29, 1.82) is 0 Å². The number of hydrogen-bond acceptors (Lipinski definition) is 7. The fourth-order valence-corrected chi connectivity index (χ4v) is 5.62. The predicted octanol–water partition coefficient (Wildman–Crippen LogP) is 4.68. The largest absolute Gasteiger partial charge is 0.338 e. The van der Waals surface area contributed by atoms with Crippen molar-refractivity contribution in [2.75, 3.05) is 13.1 Å². The van der Waals surface area contributed by atoms with Crippen molar-refractivity contribution in [2.45, 2.75) is 51.9 Å². The Labute approximate surface area is 179 Å². The molecule has 4 rings (SSSR count). The predicted molar refractivity (Wildman–Crippen MR) is 117 cm³/mol. The van der Waals surface area contributed by atoms with E-state index in [-0.39, 0.29) is 11.3 Å². The number of thiazole rings is 2. The van der Waals surface area contributed by atoms with Crippen molar-refractivity contribution in [3.05, 3.63) is 45.2 Å². The Hall–Kier alpha value is -2.19. The molecule has 6 nitrogen and oxygen atoms in total. The van der Waals surface area contributed by atoms with Crippen LogP contribution in [0.3, 0.4) is 0 Å². The Morgan fingerprint density at radius 2 is 1.93 bits per heavy atom. The molecule has 0 N–H and O–H groups in total. The van der Waals surface area contributed by atoms with Crippen LogP contribution in [-0.2, 0) is 5.41 Å². The first kappa shape index (κ1) is 20.1. The third-order valence-corrected chi connectivity index (χ3v) is 7.37. The molecule has 1 aliphatic rings. The summed E-state index contributed by atoms with van der Waals surface area (Å²) in [5.41, 5.74) is 2.71. The van der Waals surface area contributed by atoms with Gasteiger partial charge in [0.25, 0.3) is 5.91 Å². The van der Waals surface area contributed by atoms with Crippen LogP contribution in [0.4, 0.5) is 0 Å². The summed E-state index contributed by atoms with van der Waals surface area (Å²) in [7, 11) is 0. The van der Waals surface area contributed by atoms with Crippen LogP contribution in [0.1, 0.15) is 65.6 Å². The summed E-state index contributed by atoms with van der Waals surface area (Å²) in [5.74, 6) is 0.515. The number of amides is 1. The first-order valence-corrected chi connectivity index (χ1v) is 11.5. The highest BCUT2D eigenvalue weighted by molar-refractivity contribution is 7.17. The molecule has 4 heterocycles. The van der Waals surface area contributed by atoms with Gasteiger partial charge in [-0.2, -0.15) is 0 Å². The van der Waals surface area contributed by atoms with Crippen molar-refractivity contribution in [3.63, 3.8) is 0 Å². The molecule has 1 saturated heterocycles. The van der Waals surface area contributed by atoms with Gasteiger partial charge in [0.05, 0.1) is 22.6 Å². The summed E-state index contributed by atoms with van der Waals surface area (Å²) in [6.07, 6.45) is 6.86. The van der Waals surface area contributed by atoms with E-state index >= 15 is 0 Å². The molecule has 152 valence electrons. The van der Waals surface area contributed by atoms with E-state index in [1.165, 1.54) is 16.3 Å². The zero-order valence-electron chi connectivity index (χ0n) is 17.2. The number of carbonyl (C=O) groups excluding carboxylic acids is 1. The molecule has 0 unspecified atom stereocenters. The smallest absolute Gasteiger partial charge is 0.265 e. The van der Waals surface area contributed by atoms with Gasteiger partial charge in [-0.15, -0.1) is 22.7 Å². The van der Waals surface area contributed by atoms with Gasteiger partial charge in [0.1, 0.15) is 15.6 Å². The van der Waals surface area contributed by atoms with Crippen LogP contribution in [0, 0.1) is 6.92 Å². The number of piperidine rings is 1. The maximum Gasteiger partial charge on any atom is 0.265 e. The molecule has 0 radical (unpaired) electrons. The van der Waals surface area contributed by atoms with E-state index < -0.39 is 0 Å². The van der Waals surface area contributed by atoms with Crippen LogP contribution < -0.4 is 0 Å². The summed E-state index contributed by atoms with van der Waals surface area (Å²) in [5, 5.41) is 4.13. The molecule has 1 aliphatic heterocycles. The maximum absolute atomic E-state index is 13.1. The molecule has 29 heavy (non-hydrogen) atoms. The minimum absolute atomic E-state index is 0.0723. The zero-order chi connectivity index (χ0) is 20.6. The number of aromatic nitrogens is 4. The fraction of sp³-hybridized carbons (Fsp3) is 0.476. The second-order valence-corrected chi connectivity index (χ2v) is 10.3. The summed E-state index contributed by atoms with van der Waals surface area (Å²) < 4.78 is 0. The average Bonchev–Trinajstić information content (AvgIpc) is 3.35. The lowest BCUT2D eigenvalue weighted by Gasteiger charge is -2.31. The van der Waals surface area contributed by atoms with Crippen LogP contribution >= 0.6 is 22.7 Å². The third kappa shape index (κ3) is 4.23. The molecule has 0 aliphatic carbocycles. The Morgan fingerprint density at radius 3 is 2.55 bits per heavy atom. The molecule has 0 spiro atoms. The molecule has 8 heteroatoms. The molecular weight excluding hydrogens is 402 g/mol. The fourth-order valence-electron chi connectivity index (χ4n) is 3.41. The van der Waals surface area contributed by atoms with Crippen LogP contribution in [-0.4, -0.2) is 43.8 Å². The Balaban J connectivity index is 1.43. The molecule has 3 aromatic rings. The first-order valence-electron chi connectivity index (χ1n) is 9.82. The molecular formula is C21H25N5OS2. The molecule has 3 aromatic heterocycles. The number of likely N-dealkylation sites (tertiary alicyclic amines) is 1. The van der Waals surface area contributed by atoms with Crippen LogP contribution in [0.25, 0.3) is 10.7 Å². The highest BCUT2D eigenvalue weighted by atomic mass is 32.1. The van der Waals surface area contributed by atoms with Crippen molar-refractivity contribution >= 4 is 28.6 Å². The second-order valence-electron chi connectivity index (χ2n) is 8.41. The average molecular weight is 428 g/mol. The molecule has 0 saturated carbocycles.